The Morgan fingerprint density at radius 3 is 1.75 bits per heavy atom. The summed E-state index contributed by atoms with van der Waals surface area (Å²) in [4.78, 5) is 0. The molecule has 0 saturated heterocycles. The van der Waals surface area contributed by atoms with E-state index >= 15 is 0 Å². The van der Waals surface area contributed by atoms with Gasteiger partial charge >= 0.3 is 0 Å². The van der Waals surface area contributed by atoms with Gasteiger partial charge in [0.2, 0.25) is 0 Å². The molecule has 8 heavy (non-hydrogen) atoms. The number of aliphatic hydroxyl groups excluding tert-OH is 1. The van der Waals surface area contributed by atoms with Gasteiger partial charge in [0.25, 0.3) is 9.68 Å². The Morgan fingerprint density at radius 2 is 1.75 bits per heavy atom. The van der Waals surface area contributed by atoms with Crippen molar-refractivity contribution in [1.29, 1.82) is 0 Å². The van der Waals surface area contributed by atoms with E-state index in [2.05, 4.69) is 21.1 Å². The van der Waals surface area contributed by atoms with Crippen LogP contribution in [0.3, 0.4) is 0 Å². The highest BCUT2D eigenvalue weighted by molar-refractivity contribution is 6.27. The summed E-state index contributed by atoms with van der Waals surface area (Å²) < 4.78 is 0.970. The van der Waals surface area contributed by atoms with Gasteiger partial charge in [0.05, 0.1) is 26.9 Å². The van der Waals surface area contributed by atoms with Crippen molar-refractivity contribution in [3.05, 3.63) is 0 Å². The highest BCUT2D eigenvalue weighted by Gasteiger charge is 2.11. The van der Waals surface area contributed by atoms with Crippen molar-refractivity contribution < 1.29 is 9.26 Å². The van der Waals surface area contributed by atoms with Crippen LogP contribution in [-0.2, 0) is 0 Å². The molecule has 0 aromatic heterocycles. The third-order valence-electron chi connectivity index (χ3n) is 0.812. The second kappa shape index (κ2) is 2.62. The second-order valence-electron chi connectivity index (χ2n) is 3.32. The van der Waals surface area contributed by atoms with Gasteiger partial charge in [-0.1, -0.05) is 0 Å². The number of hydrogen-bond acceptors (Lipinski definition) is 1. The number of hydrogen-bond donors (Lipinski definition) is 1. The molecule has 0 rings (SSSR count). The minimum atomic E-state index is -0.323. The Kier molecular flexibility index (Phi) is 2.66. The molecule has 1 atom stereocenters. The average molecular weight is 134 g/mol. The molecule has 0 aromatic rings. The molecule has 1 N–H and O–H groups in total. The van der Waals surface area contributed by atoms with Crippen LogP contribution in [0.4, 0.5) is 0 Å². The first-order valence-electron chi connectivity index (χ1n) is 2.90. The maximum absolute atomic E-state index is 8.93. The van der Waals surface area contributed by atoms with Crippen molar-refractivity contribution in [2.75, 3.05) is 21.1 Å². The Hall–Kier alpha value is 0.137. The molecular weight excluding hydrogens is 118 g/mol. The Bertz CT molecular complexity index is 67.3. The fourth-order valence-corrected chi connectivity index (χ4v) is 2.38. The normalized spacial score (nSPS) is 17.6. The Balaban J connectivity index is 3.39. The van der Waals surface area contributed by atoms with Gasteiger partial charge in [-0.15, -0.1) is 0 Å². The molecule has 1 unspecified atom stereocenters. The van der Waals surface area contributed by atoms with Gasteiger partial charge in [0, 0.05) is 0 Å². The molecule has 0 bridgehead atoms. The van der Waals surface area contributed by atoms with Crippen molar-refractivity contribution in [1.82, 2.24) is 0 Å². The number of quaternary nitrogens is 1. The van der Waals surface area contributed by atoms with Gasteiger partial charge in [-0.2, -0.15) is 0 Å². The molecule has 0 aliphatic rings. The van der Waals surface area contributed by atoms with Crippen molar-refractivity contribution >= 4 is 9.68 Å². The first-order valence-corrected chi connectivity index (χ1v) is 4.35. The van der Waals surface area contributed by atoms with Crippen LogP contribution in [0.2, 0.25) is 0 Å². The maximum Gasteiger partial charge on any atom is 0.283 e. The largest absolute Gasteiger partial charge is 0.394 e. The van der Waals surface area contributed by atoms with E-state index in [9.17, 15) is 0 Å². The lowest BCUT2D eigenvalue weighted by atomic mass is 10.9. The van der Waals surface area contributed by atoms with E-state index < -0.39 is 0 Å². The van der Waals surface area contributed by atoms with Gasteiger partial charge in [0.1, 0.15) is 0 Å². The monoisotopic (exact) mass is 134 g/mol. The lowest BCUT2D eigenvalue weighted by molar-refractivity contribution is -0.757. The molecule has 0 saturated carbocycles. The standard InChI is InChI=1S/C5H16NOSi/c1-5(7)8-6(2,3)4/h5,7H,8H2,1-4H3/q+1. The predicted octanol–water partition coefficient (Wildman–Crippen LogP) is -0.885. The van der Waals surface area contributed by atoms with Gasteiger partial charge in [-0.25, -0.2) is 0 Å². The van der Waals surface area contributed by atoms with Gasteiger partial charge in [-0.05, 0) is 6.92 Å². The van der Waals surface area contributed by atoms with E-state index in [1.54, 1.807) is 0 Å². The summed E-state index contributed by atoms with van der Waals surface area (Å²) >= 11 is 0. The molecule has 0 radical (unpaired) electrons. The van der Waals surface area contributed by atoms with Gasteiger partial charge in [0.15, 0.2) is 0 Å². The van der Waals surface area contributed by atoms with Gasteiger partial charge in [-0.3, -0.25) is 0 Å². The molecule has 50 valence electrons. The SMILES string of the molecule is CC(O)[SiH2][N+](C)(C)C. The predicted molar refractivity (Wildman–Crippen MR) is 38.3 cm³/mol. The smallest absolute Gasteiger partial charge is 0.283 e. The van der Waals surface area contributed by atoms with Crippen LogP contribution in [0, 0.1) is 0 Å². The topological polar surface area (TPSA) is 20.2 Å². The zero-order chi connectivity index (χ0) is 6.78. The molecule has 3 heteroatoms. The molecule has 2 nitrogen and oxygen atoms in total. The first-order chi connectivity index (χ1) is 3.42. The van der Waals surface area contributed by atoms with Crippen LogP contribution in [0.25, 0.3) is 0 Å². The molecule has 0 spiro atoms. The van der Waals surface area contributed by atoms with Gasteiger partial charge < -0.3 is 9.26 Å². The highest BCUT2D eigenvalue weighted by atomic mass is 28.2. The zero-order valence-corrected chi connectivity index (χ0v) is 7.59. The van der Waals surface area contributed by atoms with Crippen LogP contribution >= 0.6 is 0 Å². The summed E-state index contributed by atoms with van der Waals surface area (Å²) in [5.41, 5.74) is -0.0463. The number of rotatable bonds is 2. The summed E-state index contributed by atoms with van der Waals surface area (Å²) in [5, 5.41) is 8.93. The lowest BCUT2D eigenvalue weighted by Crippen LogP contribution is -2.43. The third kappa shape index (κ3) is 6.14. The van der Waals surface area contributed by atoms with E-state index in [1.165, 1.54) is 0 Å². The van der Waals surface area contributed by atoms with Crippen molar-refractivity contribution in [2.24, 2.45) is 0 Å². The summed E-state index contributed by atoms with van der Waals surface area (Å²) in [6, 6.07) is 0. The van der Waals surface area contributed by atoms with E-state index in [0.29, 0.717) is 0 Å². The van der Waals surface area contributed by atoms with Crippen molar-refractivity contribution in [3.63, 3.8) is 0 Å². The fourth-order valence-electron chi connectivity index (χ4n) is 0.793. The van der Waals surface area contributed by atoms with Crippen molar-refractivity contribution in [3.8, 4) is 0 Å². The quantitative estimate of drug-likeness (QED) is 0.486. The average Bonchev–Trinajstić information content (AvgIpc) is 1.21. The van der Waals surface area contributed by atoms with Crippen LogP contribution in [-0.4, -0.2) is 45.8 Å². The van der Waals surface area contributed by atoms with E-state index in [-0.39, 0.29) is 15.4 Å². The van der Waals surface area contributed by atoms with Crippen LogP contribution in [0.1, 0.15) is 6.92 Å². The fraction of sp³-hybridized carbons (Fsp3) is 1.00. The van der Waals surface area contributed by atoms with E-state index in [1.807, 2.05) is 6.92 Å². The maximum atomic E-state index is 8.93. The molecule has 0 aliphatic heterocycles. The molecule has 0 amide bonds. The molecule has 0 fully saturated rings. The minimum absolute atomic E-state index is 0.0463. The highest BCUT2D eigenvalue weighted by Crippen LogP contribution is 1.88. The minimum Gasteiger partial charge on any atom is -0.394 e. The number of nitrogens with zero attached hydrogens (tertiary/aromatic N) is 1. The lowest BCUT2D eigenvalue weighted by Gasteiger charge is -2.25. The molecule has 0 aromatic carbocycles. The summed E-state index contributed by atoms with van der Waals surface area (Å²) in [7, 11) is 6.05. The summed E-state index contributed by atoms with van der Waals surface area (Å²) in [5.74, 6) is 0. The van der Waals surface area contributed by atoms with Crippen LogP contribution in [0.15, 0.2) is 0 Å². The Morgan fingerprint density at radius 1 is 1.38 bits per heavy atom. The zero-order valence-electron chi connectivity index (χ0n) is 6.18. The van der Waals surface area contributed by atoms with Crippen LogP contribution in [0.5, 0.6) is 0 Å². The molecule has 0 heterocycles. The first kappa shape index (κ1) is 8.14. The summed E-state index contributed by atoms with van der Waals surface area (Å²) in [6.45, 7) is 1.87. The number of aliphatic hydroxyl groups is 1. The molecular formula is C5H16NOSi+. The second-order valence-corrected chi connectivity index (χ2v) is 6.77. The van der Waals surface area contributed by atoms with Crippen molar-refractivity contribution in [2.45, 2.75) is 12.7 Å². The Labute approximate surface area is 53.6 Å². The summed E-state index contributed by atoms with van der Waals surface area (Å²) in [6.07, 6.45) is 0. The van der Waals surface area contributed by atoms with E-state index in [0.717, 1.165) is 4.15 Å². The van der Waals surface area contributed by atoms with E-state index in [4.69, 9.17) is 5.11 Å². The van der Waals surface area contributed by atoms with Crippen LogP contribution < -0.4 is 0 Å². The third-order valence-corrected chi connectivity index (χ3v) is 2.44. The molecule has 0 aliphatic carbocycles.